The molecule has 5 heteroatoms. The molecule has 1 saturated carbocycles. The topological polar surface area (TPSA) is 55.1 Å². The van der Waals surface area contributed by atoms with Crippen LogP contribution >= 0.6 is 11.8 Å². The highest BCUT2D eigenvalue weighted by Gasteiger charge is 2.23. The number of aromatic nitrogens is 1. The van der Waals surface area contributed by atoms with Gasteiger partial charge in [-0.05, 0) is 55.2 Å². The lowest BCUT2D eigenvalue weighted by atomic mass is 10.1. The lowest BCUT2D eigenvalue weighted by Gasteiger charge is -2.04. The first kappa shape index (κ1) is 15.3. The molecular weight excluding hydrogens is 320 g/mol. The number of hydrogen-bond donors (Lipinski definition) is 1. The summed E-state index contributed by atoms with van der Waals surface area (Å²) in [4.78, 5) is 16.5. The molecule has 0 unspecified atom stereocenters. The first-order valence-electron chi connectivity index (χ1n) is 8.07. The van der Waals surface area contributed by atoms with E-state index in [1.807, 2.05) is 49.4 Å². The number of thioether (sulfide) groups is 1. The third-order valence-corrected chi connectivity index (χ3v) is 4.91. The number of carbonyl (C=O) groups excluding carboxylic acids is 1. The van der Waals surface area contributed by atoms with E-state index in [2.05, 4.69) is 10.3 Å². The number of benzene rings is 2. The minimum atomic E-state index is 0.0195. The Morgan fingerprint density at radius 1 is 1.25 bits per heavy atom. The van der Waals surface area contributed by atoms with Gasteiger partial charge >= 0.3 is 0 Å². The van der Waals surface area contributed by atoms with Crippen molar-refractivity contribution in [3.05, 3.63) is 59.2 Å². The predicted octanol–water partition coefficient (Wildman–Crippen LogP) is 4.32. The summed E-state index contributed by atoms with van der Waals surface area (Å²) >= 11 is 1.56. The van der Waals surface area contributed by atoms with Crippen molar-refractivity contribution in [1.29, 1.82) is 0 Å². The molecule has 2 aromatic carbocycles. The normalized spacial score (nSPS) is 14.0. The lowest BCUT2D eigenvalue weighted by Crippen LogP contribution is -2.25. The molecule has 0 saturated heterocycles. The zero-order chi connectivity index (χ0) is 16.5. The average molecular weight is 338 g/mol. The Morgan fingerprint density at radius 2 is 2.04 bits per heavy atom. The maximum Gasteiger partial charge on any atom is 0.257 e. The van der Waals surface area contributed by atoms with E-state index in [4.69, 9.17) is 4.42 Å². The van der Waals surface area contributed by atoms with Crippen LogP contribution in [0.3, 0.4) is 0 Å². The Hall–Kier alpha value is -2.27. The predicted molar refractivity (Wildman–Crippen MR) is 95.2 cm³/mol. The number of nitrogens with zero attached hydrogens (tertiary/aromatic N) is 1. The summed E-state index contributed by atoms with van der Waals surface area (Å²) in [6.07, 6.45) is 2.20. The van der Waals surface area contributed by atoms with E-state index in [0.29, 0.717) is 16.8 Å². The van der Waals surface area contributed by atoms with Crippen molar-refractivity contribution in [2.24, 2.45) is 0 Å². The molecule has 3 aromatic rings. The van der Waals surface area contributed by atoms with E-state index in [9.17, 15) is 4.79 Å². The molecule has 4 nitrogen and oxygen atoms in total. The largest absolute Gasteiger partial charge is 0.431 e. The number of fused-ring (bicyclic) bond motifs is 1. The zero-order valence-electron chi connectivity index (χ0n) is 13.4. The maximum atomic E-state index is 12.0. The van der Waals surface area contributed by atoms with Crippen LogP contribution in [-0.4, -0.2) is 16.9 Å². The number of rotatable bonds is 5. The van der Waals surface area contributed by atoms with Crippen LogP contribution in [0.1, 0.15) is 34.3 Å². The molecule has 0 atom stereocenters. The number of amides is 1. The number of hydrogen-bond acceptors (Lipinski definition) is 4. The first-order valence-corrected chi connectivity index (χ1v) is 9.06. The van der Waals surface area contributed by atoms with Gasteiger partial charge in [0.2, 0.25) is 0 Å². The summed E-state index contributed by atoms with van der Waals surface area (Å²) in [6.45, 7) is 2.04. The van der Waals surface area contributed by atoms with Crippen molar-refractivity contribution in [3.8, 4) is 0 Å². The molecule has 1 N–H and O–H groups in total. The van der Waals surface area contributed by atoms with Crippen molar-refractivity contribution in [3.63, 3.8) is 0 Å². The van der Waals surface area contributed by atoms with E-state index in [1.165, 1.54) is 5.56 Å². The molecule has 0 radical (unpaired) electrons. The van der Waals surface area contributed by atoms with Gasteiger partial charge in [-0.15, -0.1) is 0 Å². The summed E-state index contributed by atoms with van der Waals surface area (Å²) < 4.78 is 5.75. The van der Waals surface area contributed by atoms with E-state index in [-0.39, 0.29) is 5.91 Å². The first-order chi connectivity index (χ1) is 11.7. The molecule has 0 bridgehead atoms. The molecule has 1 aliphatic rings. The Bertz CT molecular complexity index is 882. The van der Waals surface area contributed by atoms with E-state index < -0.39 is 0 Å². The Kier molecular flexibility index (Phi) is 4.02. The van der Waals surface area contributed by atoms with Crippen molar-refractivity contribution in [2.75, 3.05) is 0 Å². The van der Waals surface area contributed by atoms with Gasteiger partial charge in [-0.2, -0.15) is 0 Å². The Morgan fingerprint density at radius 3 is 2.79 bits per heavy atom. The van der Waals surface area contributed by atoms with Crippen LogP contribution in [0.2, 0.25) is 0 Å². The molecule has 1 fully saturated rings. The molecule has 0 spiro atoms. The number of carbonyl (C=O) groups is 1. The van der Waals surface area contributed by atoms with Gasteiger partial charge in [0.05, 0.1) is 0 Å². The van der Waals surface area contributed by atoms with E-state index >= 15 is 0 Å². The SMILES string of the molecule is Cc1ccc2oc(SCc3ccc(C(=O)NC4CC4)cc3)nc2c1. The molecule has 122 valence electrons. The van der Waals surface area contributed by atoms with Crippen LogP contribution in [0, 0.1) is 6.92 Å². The Balaban J connectivity index is 1.40. The number of nitrogens with one attached hydrogen (secondary N) is 1. The van der Waals surface area contributed by atoms with Crippen molar-refractivity contribution in [1.82, 2.24) is 10.3 Å². The molecule has 24 heavy (non-hydrogen) atoms. The number of oxazole rings is 1. The van der Waals surface area contributed by atoms with Gasteiger partial charge in [0, 0.05) is 17.4 Å². The van der Waals surface area contributed by atoms with Gasteiger partial charge in [0.15, 0.2) is 5.58 Å². The summed E-state index contributed by atoms with van der Waals surface area (Å²) in [7, 11) is 0. The number of aryl methyl sites for hydroxylation is 1. The molecule has 4 rings (SSSR count). The molecule has 1 aliphatic carbocycles. The maximum absolute atomic E-state index is 12.0. The van der Waals surface area contributed by atoms with E-state index in [1.54, 1.807) is 11.8 Å². The lowest BCUT2D eigenvalue weighted by molar-refractivity contribution is 0.0951. The van der Waals surface area contributed by atoms with Gasteiger partial charge in [-0.1, -0.05) is 30.0 Å². The summed E-state index contributed by atoms with van der Waals surface area (Å²) in [5.74, 6) is 0.780. The molecule has 1 aromatic heterocycles. The summed E-state index contributed by atoms with van der Waals surface area (Å²) in [5.41, 5.74) is 4.74. The van der Waals surface area contributed by atoms with Crippen molar-refractivity contribution in [2.45, 2.75) is 36.8 Å². The molecular formula is C19H18N2O2S. The van der Waals surface area contributed by atoms with Crippen LogP contribution < -0.4 is 5.32 Å². The molecule has 1 amide bonds. The van der Waals surface area contributed by atoms with Gasteiger partial charge in [-0.25, -0.2) is 4.98 Å². The van der Waals surface area contributed by atoms with Gasteiger partial charge in [0.1, 0.15) is 5.52 Å². The van der Waals surface area contributed by atoms with E-state index in [0.717, 1.165) is 35.3 Å². The summed E-state index contributed by atoms with van der Waals surface area (Å²) in [6, 6.07) is 14.1. The second-order valence-electron chi connectivity index (χ2n) is 6.18. The Labute approximate surface area is 144 Å². The van der Waals surface area contributed by atoms with Crippen LogP contribution in [-0.2, 0) is 5.75 Å². The van der Waals surface area contributed by atoms with Gasteiger partial charge < -0.3 is 9.73 Å². The highest BCUT2D eigenvalue weighted by atomic mass is 32.2. The highest BCUT2D eigenvalue weighted by Crippen LogP contribution is 2.27. The fourth-order valence-electron chi connectivity index (χ4n) is 2.47. The minimum absolute atomic E-state index is 0.0195. The molecule has 0 aliphatic heterocycles. The van der Waals surface area contributed by atoms with Crippen LogP contribution in [0.4, 0.5) is 0 Å². The quantitative estimate of drug-likeness (QED) is 0.704. The third kappa shape index (κ3) is 3.46. The molecule has 1 heterocycles. The fourth-order valence-corrected chi connectivity index (χ4v) is 3.27. The smallest absolute Gasteiger partial charge is 0.257 e. The van der Waals surface area contributed by atoms with Crippen LogP contribution in [0.15, 0.2) is 52.1 Å². The average Bonchev–Trinajstić information content (AvgIpc) is 3.30. The fraction of sp³-hybridized carbons (Fsp3) is 0.263. The zero-order valence-corrected chi connectivity index (χ0v) is 14.2. The minimum Gasteiger partial charge on any atom is -0.431 e. The van der Waals surface area contributed by atoms with Gasteiger partial charge in [0.25, 0.3) is 11.1 Å². The second-order valence-corrected chi connectivity index (χ2v) is 7.11. The highest BCUT2D eigenvalue weighted by molar-refractivity contribution is 7.98. The summed E-state index contributed by atoms with van der Waals surface area (Å²) in [5, 5.41) is 3.67. The van der Waals surface area contributed by atoms with Crippen molar-refractivity contribution >= 4 is 28.8 Å². The van der Waals surface area contributed by atoms with Crippen LogP contribution in [0.25, 0.3) is 11.1 Å². The second kappa shape index (κ2) is 6.32. The van der Waals surface area contributed by atoms with Gasteiger partial charge in [-0.3, -0.25) is 4.79 Å². The monoisotopic (exact) mass is 338 g/mol. The standard InChI is InChI=1S/C19H18N2O2S/c1-12-2-9-17-16(10-12)21-19(23-17)24-11-13-3-5-14(6-4-13)18(22)20-15-7-8-15/h2-6,9-10,15H,7-8,11H2,1H3,(H,20,22). The van der Waals surface area contributed by atoms with Crippen molar-refractivity contribution < 1.29 is 9.21 Å². The van der Waals surface area contributed by atoms with Crippen LogP contribution in [0.5, 0.6) is 0 Å². The third-order valence-electron chi connectivity index (χ3n) is 4.01.